The molecule has 1 amide bonds. The molecule has 0 fully saturated rings. The highest BCUT2D eigenvalue weighted by Crippen LogP contribution is 2.29. The maximum absolute atomic E-state index is 11.1. The summed E-state index contributed by atoms with van der Waals surface area (Å²) >= 11 is 0. The van der Waals surface area contributed by atoms with E-state index in [0.29, 0.717) is 17.3 Å². The van der Waals surface area contributed by atoms with Gasteiger partial charge in [0, 0.05) is 12.3 Å². The molecule has 0 saturated carbocycles. The monoisotopic (exact) mass is 282 g/mol. The molecule has 0 atom stereocenters. The fraction of sp³-hybridized carbons (Fsp3) is 0.125. The van der Waals surface area contributed by atoms with Crippen molar-refractivity contribution in [3.05, 3.63) is 42.5 Å². The lowest BCUT2D eigenvalue weighted by atomic mass is 10.2. The second-order valence-electron chi connectivity index (χ2n) is 4.60. The van der Waals surface area contributed by atoms with Crippen LogP contribution in [0.15, 0.2) is 46.9 Å². The van der Waals surface area contributed by atoms with Crippen molar-refractivity contribution in [2.45, 2.75) is 6.92 Å². The van der Waals surface area contributed by atoms with Crippen molar-refractivity contribution in [1.29, 1.82) is 0 Å². The van der Waals surface area contributed by atoms with Gasteiger partial charge in [0.05, 0.1) is 7.11 Å². The van der Waals surface area contributed by atoms with E-state index in [1.54, 1.807) is 13.2 Å². The Morgan fingerprint density at radius 1 is 1.24 bits per heavy atom. The quantitative estimate of drug-likeness (QED) is 0.799. The van der Waals surface area contributed by atoms with Gasteiger partial charge in [0.1, 0.15) is 22.8 Å². The highest BCUT2D eigenvalue weighted by Gasteiger charge is 2.09. The number of furan rings is 1. The standard InChI is InChI=1S/C16H14N2O3/c1-10(19)17-16-5-3-4-13(18-16)15-9-11-8-12(20-2)6-7-14(11)21-15/h3-9H,1-2H3,(H,17,18,19). The number of hydrogen-bond donors (Lipinski definition) is 1. The number of carbonyl (C=O) groups is 1. The number of anilines is 1. The summed E-state index contributed by atoms with van der Waals surface area (Å²) in [6.07, 6.45) is 0. The number of benzene rings is 1. The molecular formula is C16H14N2O3. The topological polar surface area (TPSA) is 64.4 Å². The molecule has 1 N–H and O–H groups in total. The Morgan fingerprint density at radius 2 is 2.10 bits per heavy atom. The lowest BCUT2D eigenvalue weighted by Gasteiger charge is -2.02. The van der Waals surface area contributed by atoms with Gasteiger partial charge in [-0.05, 0) is 36.4 Å². The van der Waals surface area contributed by atoms with Crippen LogP contribution < -0.4 is 10.1 Å². The van der Waals surface area contributed by atoms with Gasteiger partial charge in [-0.15, -0.1) is 0 Å². The Balaban J connectivity index is 2.01. The lowest BCUT2D eigenvalue weighted by Crippen LogP contribution is -2.07. The van der Waals surface area contributed by atoms with Crippen molar-refractivity contribution in [2.24, 2.45) is 0 Å². The minimum Gasteiger partial charge on any atom is -0.497 e. The third-order valence-electron chi connectivity index (χ3n) is 3.03. The van der Waals surface area contributed by atoms with Crippen molar-refractivity contribution >= 4 is 22.7 Å². The van der Waals surface area contributed by atoms with Gasteiger partial charge in [-0.1, -0.05) is 6.07 Å². The first-order valence-corrected chi connectivity index (χ1v) is 6.48. The van der Waals surface area contributed by atoms with E-state index in [2.05, 4.69) is 10.3 Å². The SMILES string of the molecule is COc1ccc2oc(-c3cccc(NC(C)=O)n3)cc2c1. The molecule has 0 aliphatic heterocycles. The predicted octanol–water partition coefficient (Wildman–Crippen LogP) is 3.46. The molecule has 1 aromatic carbocycles. The molecule has 3 rings (SSSR count). The molecule has 2 aromatic heterocycles. The van der Waals surface area contributed by atoms with Crippen LogP contribution in [0.3, 0.4) is 0 Å². The molecule has 5 nitrogen and oxygen atoms in total. The smallest absolute Gasteiger partial charge is 0.222 e. The molecule has 0 bridgehead atoms. The van der Waals surface area contributed by atoms with Gasteiger partial charge in [-0.2, -0.15) is 0 Å². The second-order valence-corrected chi connectivity index (χ2v) is 4.60. The van der Waals surface area contributed by atoms with E-state index in [0.717, 1.165) is 16.7 Å². The average molecular weight is 282 g/mol. The van der Waals surface area contributed by atoms with Crippen LogP contribution in [-0.2, 0) is 4.79 Å². The van der Waals surface area contributed by atoms with Crippen LogP contribution in [0.25, 0.3) is 22.4 Å². The van der Waals surface area contributed by atoms with Gasteiger partial charge >= 0.3 is 0 Å². The summed E-state index contributed by atoms with van der Waals surface area (Å²) < 4.78 is 11.0. The van der Waals surface area contributed by atoms with E-state index in [1.807, 2.05) is 36.4 Å². The zero-order valence-corrected chi connectivity index (χ0v) is 11.7. The largest absolute Gasteiger partial charge is 0.497 e. The fourth-order valence-electron chi connectivity index (χ4n) is 2.10. The molecule has 2 heterocycles. The van der Waals surface area contributed by atoms with Gasteiger partial charge in [0.2, 0.25) is 5.91 Å². The normalized spacial score (nSPS) is 10.6. The predicted molar refractivity (Wildman–Crippen MR) is 80.3 cm³/mol. The number of carbonyl (C=O) groups excluding carboxylic acids is 1. The van der Waals surface area contributed by atoms with Crippen molar-refractivity contribution < 1.29 is 13.9 Å². The number of hydrogen-bond acceptors (Lipinski definition) is 4. The van der Waals surface area contributed by atoms with Gasteiger partial charge in [0.25, 0.3) is 0 Å². The van der Waals surface area contributed by atoms with Crippen LogP contribution in [0.1, 0.15) is 6.92 Å². The minimum atomic E-state index is -0.158. The molecule has 0 saturated heterocycles. The summed E-state index contributed by atoms with van der Waals surface area (Å²) in [6.45, 7) is 1.45. The fourth-order valence-corrected chi connectivity index (χ4v) is 2.10. The molecule has 5 heteroatoms. The number of ether oxygens (including phenoxy) is 1. The maximum atomic E-state index is 11.1. The molecule has 106 valence electrons. The molecular weight excluding hydrogens is 268 g/mol. The summed E-state index contributed by atoms with van der Waals surface area (Å²) in [5.74, 6) is 1.76. The van der Waals surface area contributed by atoms with Crippen LogP contribution in [0.4, 0.5) is 5.82 Å². The number of amides is 1. The molecule has 0 unspecified atom stereocenters. The number of nitrogens with zero attached hydrogens (tertiary/aromatic N) is 1. The summed E-state index contributed by atoms with van der Waals surface area (Å²) in [6, 6.07) is 12.9. The first kappa shape index (κ1) is 13.2. The third kappa shape index (κ3) is 2.72. The van der Waals surface area contributed by atoms with Crippen LogP contribution in [-0.4, -0.2) is 18.0 Å². The Hall–Kier alpha value is -2.82. The Bertz CT molecular complexity index is 808. The van der Waals surface area contributed by atoms with Crippen molar-refractivity contribution in [1.82, 2.24) is 4.98 Å². The Kier molecular flexibility index (Phi) is 3.31. The van der Waals surface area contributed by atoms with E-state index in [4.69, 9.17) is 9.15 Å². The first-order valence-electron chi connectivity index (χ1n) is 6.48. The van der Waals surface area contributed by atoms with Crippen molar-refractivity contribution in [2.75, 3.05) is 12.4 Å². The van der Waals surface area contributed by atoms with Crippen LogP contribution in [0.5, 0.6) is 5.75 Å². The number of aromatic nitrogens is 1. The van der Waals surface area contributed by atoms with Crippen LogP contribution in [0, 0.1) is 0 Å². The van der Waals surface area contributed by atoms with Gasteiger partial charge in [0.15, 0.2) is 5.76 Å². The number of pyridine rings is 1. The summed E-state index contributed by atoms with van der Waals surface area (Å²) in [5.41, 5.74) is 1.42. The van der Waals surface area contributed by atoms with E-state index >= 15 is 0 Å². The van der Waals surface area contributed by atoms with E-state index in [-0.39, 0.29) is 5.91 Å². The Morgan fingerprint density at radius 3 is 2.86 bits per heavy atom. The second kappa shape index (κ2) is 5.28. The first-order chi connectivity index (χ1) is 10.2. The number of fused-ring (bicyclic) bond motifs is 1. The lowest BCUT2D eigenvalue weighted by molar-refractivity contribution is -0.114. The maximum Gasteiger partial charge on any atom is 0.222 e. The minimum absolute atomic E-state index is 0.158. The number of nitrogens with one attached hydrogen (secondary N) is 1. The summed E-state index contributed by atoms with van der Waals surface area (Å²) in [7, 11) is 1.63. The highest BCUT2D eigenvalue weighted by molar-refractivity contribution is 5.88. The zero-order chi connectivity index (χ0) is 14.8. The zero-order valence-electron chi connectivity index (χ0n) is 11.7. The van der Waals surface area contributed by atoms with E-state index in [9.17, 15) is 4.79 Å². The molecule has 0 aliphatic rings. The van der Waals surface area contributed by atoms with Crippen molar-refractivity contribution in [3.8, 4) is 17.2 Å². The molecule has 0 radical (unpaired) electrons. The molecule has 0 spiro atoms. The van der Waals surface area contributed by atoms with E-state index in [1.165, 1.54) is 6.92 Å². The average Bonchev–Trinajstić information content (AvgIpc) is 2.89. The van der Waals surface area contributed by atoms with Crippen LogP contribution in [0.2, 0.25) is 0 Å². The summed E-state index contributed by atoms with van der Waals surface area (Å²) in [5, 5.41) is 3.60. The van der Waals surface area contributed by atoms with Crippen molar-refractivity contribution in [3.63, 3.8) is 0 Å². The molecule has 3 aromatic rings. The third-order valence-corrected chi connectivity index (χ3v) is 3.03. The molecule has 21 heavy (non-hydrogen) atoms. The number of rotatable bonds is 3. The summed E-state index contributed by atoms with van der Waals surface area (Å²) in [4.78, 5) is 15.4. The van der Waals surface area contributed by atoms with E-state index < -0.39 is 0 Å². The van der Waals surface area contributed by atoms with Crippen LogP contribution >= 0.6 is 0 Å². The highest BCUT2D eigenvalue weighted by atomic mass is 16.5. The van der Waals surface area contributed by atoms with Gasteiger partial charge in [-0.3, -0.25) is 4.79 Å². The molecule has 0 aliphatic carbocycles. The van der Waals surface area contributed by atoms with Gasteiger partial charge < -0.3 is 14.5 Å². The number of methoxy groups -OCH3 is 1. The van der Waals surface area contributed by atoms with Gasteiger partial charge in [-0.25, -0.2) is 4.98 Å². The Labute approximate surface area is 121 Å².